The number of carbonyl (C=O) groups excluding carboxylic acids is 4. The van der Waals surface area contributed by atoms with Crippen LogP contribution in [0.5, 0.6) is 11.5 Å². The SMILES string of the molecule is CC[C@@H](C)[C@@H](C(=O)N[C@@H](C(=O)N1CC[C@H]2Oc3ccc(c(OC)c3)C=CNC(=O)[C@@H]3CCCN3C(=O)[C@H]21)[C@@H](C)CC)N(C)C. The Morgan fingerprint density at radius 1 is 1.11 bits per heavy atom. The maximum absolute atomic E-state index is 14.4. The third-order valence-corrected chi connectivity index (χ3v) is 9.48. The summed E-state index contributed by atoms with van der Waals surface area (Å²) in [5.74, 6) is -0.129. The van der Waals surface area contributed by atoms with E-state index < -0.39 is 30.3 Å². The first-order chi connectivity index (χ1) is 21.0. The average Bonchev–Trinajstić information content (AvgIpc) is 3.66. The van der Waals surface area contributed by atoms with E-state index in [9.17, 15) is 19.2 Å². The highest BCUT2D eigenvalue weighted by Gasteiger charge is 2.50. The second-order valence-electron chi connectivity index (χ2n) is 12.5. The van der Waals surface area contributed by atoms with Gasteiger partial charge in [0.15, 0.2) is 0 Å². The number of ether oxygens (including phenoxy) is 2. The van der Waals surface area contributed by atoms with E-state index in [1.165, 1.54) is 0 Å². The lowest BCUT2D eigenvalue weighted by atomic mass is 9.94. The van der Waals surface area contributed by atoms with Gasteiger partial charge < -0.3 is 29.9 Å². The molecule has 0 aromatic heterocycles. The number of fused-ring (bicyclic) bond motifs is 4. The van der Waals surface area contributed by atoms with Gasteiger partial charge >= 0.3 is 0 Å². The lowest BCUT2D eigenvalue weighted by Crippen LogP contribution is -2.61. The molecule has 2 bridgehead atoms. The number of methoxy groups -OCH3 is 1. The molecule has 11 nitrogen and oxygen atoms in total. The van der Waals surface area contributed by atoms with Gasteiger partial charge in [0.2, 0.25) is 23.6 Å². The second kappa shape index (κ2) is 14.5. The quantitative estimate of drug-likeness (QED) is 0.441. The summed E-state index contributed by atoms with van der Waals surface area (Å²) in [4.78, 5) is 60.7. The first kappa shape index (κ1) is 33.3. The molecule has 1 aromatic rings. The summed E-state index contributed by atoms with van der Waals surface area (Å²) in [5.41, 5.74) is 0.761. The zero-order valence-electron chi connectivity index (χ0n) is 27.2. The third-order valence-electron chi connectivity index (χ3n) is 9.48. The van der Waals surface area contributed by atoms with Crippen molar-refractivity contribution in [3.05, 3.63) is 30.0 Å². The molecule has 4 heterocycles. The molecule has 0 spiro atoms. The Morgan fingerprint density at radius 2 is 1.84 bits per heavy atom. The van der Waals surface area contributed by atoms with Gasteiger partial charge in [0.05, 0.1) is 13.2 Å². The van der Waals surface area contributed by atoms with Crippen molar-refractivity contribution in [3.63, 3.8) is 0 Å². The van der Waals surface area contributed by atoms with Gasteiger partial charge in [-0.25, -0.2) is 0 Å². The van der Waals surface area contributed by atoms with E-state index in [0.29, 0.717) is 43.7 Å². The molecule has 0 unspecified atom stereocenters. The van der Waals surface area contributed by atoms with Crippen LogP contribution in [0, 0.1) is 11.8 Å². The summed E-state index contributed by atoms with van der Waals surface area (Å²) in [6.07, 6.45) is 5.76. The van der Waals surface area contributed by atoms with Crippen LogP contribution in [0.25, 0.3) is 6.08 Å². The predicted octanol–water partition coefficient (Wildman–Crippen LogP) is 2.64. The van der Waals surface area contributed by atoms with E-state index in [1.54, 1.807) is 41.3 Å². The van der Waals surface area contributed by atoms with Crippen LogP contribution >= 0.6 is 0 Å². The summed E-state index contributed by atoms with van der Waals surface area (Å²) < 4.78 is 12.0. The molecular formula is C33H49N5O6. The van der Waals surface area contributed by atoms with Crippen LogP contribution in [0.1, 0.15) is 65.4 Å². The first-order valence-corrected chi connectivity index (χ1v) is 15.9. The zero-order valence-corrected chi connectivity index (χ0v) is 27.2. The Labute approximate surface area is 261 Å². The maximum atomic E-state index is 14.4. The topological polar surface area (TPSA) is 121 Å². The second-order valence-corrected chi connectivity index (χ2v) is 12.5. The van der Waals surface area contributed by atoms with Crippen LogP contribution in [0.3, 0.4) is 0 Å². The molecule has 5 rings (SSSR count). The van der Waals surface area contributed by atoms with Gasteiger partial charge in [0, 0.05) is 37.3 Å². The Balaban J connectivity index is 1.71. The number of benzene rings is 1. The highest BCUT2D eigenvalue weighted by molar-refractivity contribution is 5.96. The van der Waals surface area contributed by atoms with Crippen molar-refractivity contribution in [1.29, 1.82) is 0 Å². The number of nitrogens with zero attached hydrogens (tertiary/aromatic N) is 3. The van der Waals surface area contributed by atoms with E-state index in [-0.39, 0.29) is 42.0 Å². The largest absolute Gasteiger partial charge is 0.496 e. The highest BCUT2D eigenvalue weighted by atomic mass is 16.5. The van der Waals surface area contributed by atoms with Gasteiger partial charge in [-0.3, -0.25) is 24.1 Å². The monoisotopic (exact) mass is 611 g/mol. The molecule has 2 fully saturated rings. The number of likely N-dealkylation sites (N-methyl/N-ethyl adjacent to an activating group) is 1. The molecule has 1 aromatic carbocycles. The number of likely N-dealkylation sites (tertiary alicyclic amines) is 1. The summed E-state index contributed by atoms with van der Waals surface area (Å²) in [6, 6.07) is 2.53. The van der Waals surface area contributed by atoms with Gasteiger partial charge in [-0.05, 0) is 57.0 Å². The fourth-order valence-corrected chi connectivity index (χ4v) is 6.61. The van der Waals surface area contributed by atoms with Crippen LogP contribution in [0.15, 0.2) is 24.4 Å². The van der Waals surface area contributed by atoms with Crippen molar-refractivity contribution < 1.29 is 28.7 Å². The van der Waals surface area contributed by atoms with Gasteiger partial charge in [0.1, 0.15) is 35.7 Å². The third kappa shape index (κ3) is 6.87. The lowest BCUT2D eigenvalue weighted by molar-refractivity contribution is -0.150. The fraction of sp³-hybridized carbons (Fsp3) is 0.636. The van der Waals surface area contributed by atoms with Crippen LogP contribution in [0.2, 0.25) is 0 Å². The first-order valence-electron chi connectivity index (χ1n) is 15.9. The number of amides is 4. The molecule has 4 amide bonds. The summed E-state index contributed by atoms with van der Waals surface area (Å²) >= 11 is 0. The van der Waals surface area contributed by atoms with E-state index in [2.05, 4.69) is 10.6 Å². The van der Waals surface area contributed by atoms with Crippen molar-refractivity contribution in [2.45, 2.75) is 90.1 Å². The van der Waals surface area contributed by atoms with Gasteiger partial charge in [-0.2, -0.15) is 0 Å². The zero-order chi connectivity index (χ0) is 32.1. The molecule has 44 heavy (non-hydrogen) atoms. The smallest absolute Gasteiger partial charge is 0.249 e. The molecule has 242 valence electrons. The number of hydrogen-bond acceptors (Lipinski definition) is 7. The van der Waals surface area contributed by atoms with E-state index in [1.807, 2.05) is 52.8 Å². The molecule has 2 N–H and O–H groups in total. The Bertz CT molecular complexity index is 1250. The normalized spacial score (nSPS) is 24.5. The summed E-state index contributed by atoms with van der Waals surface area (Å²) in [7, 11) is 5.29. The summed E-state index contributed by atoms with van der Waals surface area (Å²) in [5, 5.41) is 5.90. The number of nitrogens with one attached hydrogen (secondary N) is 2. The molecule has 7 atom stereocenters. The minimum Gasteiger partial charge on any atom is -0.496 e. The van der Waals surface area contributed by atoms with Crippen LogP contribution in [-0.2, 0) is 19.2 Å². The number of carbonyl (C=O) groups is 4. The molecule has 0 aliphatic carbocycles. The Kier molecular flexibility index (Phi) is 10.9. The van der Waals surface area contributed by atoms with Crippen LogP contribution in [0.4, 0.5) is 0 Å². The predicted molar refractivity (Wildman–Crippen MR) is 168 cm³/mol. The molecule has 0 saturated carbocycles. The highest BCUT2D eigenvalue weighted by Crippen LogP contribution is 2.33. The molecule has 4 aliphatic rings. The number of rotatable bonds is 9. The number of hydrogen-bond donors (Lipinski definition) is 2. The minimum atomic E-state index is -0.956. The van der Waals surface area contributed by atoms with Crippen LogP contribution < -0.4 is 20.1 Å². The van der Waals surface area contributed by atoms with E-state index >= 15 is 0 Å². The van der Waals surface area contributed by atoms with Crippen molar-refractivity contribution in [3.8, 4) is 11.5 Å². The molecule has 2 saturated heterocycles. The summed E-state index contributed by atoms with van der Waals surface area (Å²) in [6.45, 7) is 8.70. The average molecular weight is 612 g/mol. The van der Waals surface area contributed by atoms with E-state index in [4.69, 9.17) is 9.47 Å². The molecule has 0 radical (unpaired) electrons. The molecular weight excluding hydrogens is 562 g/mol. The van der Waals surface area contributed by atoms with Crippen molar-refractivity contribution in [1.82, 2.24) is 25.3 Å². The lowest BCUT2D eigenvalue weighted by Gasteiger charge is -2.37. The molecule has 4 aliphatic heterocycles. The van der Waals surface area contributed by atoms with Crippen molar-refractivity contribution >= 4 is 29.7 Å². The van der Waals surface area contributed by atoms with Crippen molar-refractivity contribution in [2.24, 2.45) is 11.8 Å². The van der Waals surface area contributed by atoms with Crippen LogP contribution in [-0.4, -0.2) is 103 Å². The van der Waals surface area contributed by atoms with Gasteiger partial charge in [-0.15, -0.1) is 0 Å². The standard InChI is InChI=1S/C33H49N5O6/c1-8-20(3)27(35-31(40)28(36(5)6)21(4)9-2)32(41)38-18-15-25-29(38)33(42)37-17-10-11-24(37)30(39)34-16-14-22-12-13-23(44-25)19-26(22)43-7/h12-14,16,19-21,24-25,27-29H,8-11,15,17-18H2,1-7H3,(H,34,39)(H,35,40)/t20-,21+,24-,25+,27+,28-,29-/m0/s1. The Hall–Kier alpha value is -3.60. The minimum absolute atomic E-state index is 0.0832. The van der Waals surface area contributed by atoms with E-state index in [0.717, 1.165) is 12.0 Å². The van der Waals surface area contributed by atoms with Gasteiger partial charge in [-0.1, -0.05) is 40.5 Å². The van der Waals surface area contributed by atoms with Gasteiger partial charge in [0.25, 0.3) is 0 Å². The molecule has 11 heteroatoms. The maximum Gasteiger partial charge on any atom is 0.249 e. The fourth-order valence-electron chi connectivity index (χ4n) is 6.61. The van der Waals surface area contributed by atoms with Crippen molar-refractivity contribution in [2.75, 3.05) is 34.3 Å². The Morgan fingerprint density at radius 3 is 2.50 bits per heavy atom.